The lowest BCUT2D eigenvalue weighted by Gasteiger charge is -2.26. The first-order chi connectivity index (χ1) is 8.44. The molecule has 3 fully saturated rings. The van der Waals surface area contributed by atoms with Crippen LogP contribution >= 0.6 is 0 Å². The average molecular weight is 252 g/mol. The normalized spacial score (nSPS) is 39.1. The number of hydrogen-bond acceptors (Lipinski definition) is 4. The smallest absolute Gasteiger partial charge is 0.233 e. The molecule has 3 rings (SSSR count). The largest absolute Gasteiger partial charge is 0.381 e. The number of imide groups is 1. The van der Waals surface area contributed by atoms with Crippen molar-refractivity contribution < 1.29 is 14.3 Å². The Morgan fingerprint density at radius 2 is 2.00 bits per heavy atom. The zero-order valence-corrected chi connectivity index (χ0v) is 10.9. The third-order valence-electron chi connectivity index (χ3n) is 4.86. The minimum atomic E-state index is -0.152. The number of rotatable bonds is 3. The van der Waals surface area contributed by atoms with Crippen LogP contribution in [0, 0.1) is 23.2 Å². The summed E-state index contributed by atoms with van der Waals surface area (Å²) in [5, 5.41) is 0. The van der Waals surface area contributed by atoms with Gasteiger partial charge < -0.3 is 10.5 Å². The molecule has 100 valence electrons. The maximum Gasteiger partial charge on any atom is 0.233 e. The van der Waals surface area contributed by atoms with E-state index >= 15 is 0 Å². The molecule has 0 aromatic rings. The van der Waals surface area contributed by atoms with E-state index in [1.165, 1.54) is 4.90 Å². The van der Waals surface area contributed by atoms with Crippen LogP contribution in [0.1, 0.15) is 20.3 Å². The molecule has 3 aliphatic rings. The van der Waals surface area contributed by atoms with Crippen LogP contribution in [0.15, 0.2) is 0 Å². The molecule has 0 spiro atoms. The van der Waals surface area contributed by atoms with E-state index in [0.29, 0.717) is 13.2 Å². The Bertz CT molecular complexity index is 377. The molecule has 1 aliphatic carbocycles. The van der Waals surface area contributed by atoms with Gasteiger partial charge in [-0.25, -0.2) is 0 Å². The summed E-state index contributed by atoms with van der Waals surface area (Å²) in [7, 11) is 0. The molecule has 18 heavy (non-hydrogen) atoms. The van der Waals surface area contributed by atoms with Crippen LogP contribution in [-0.2, 0) is 14.3 Å². The summed E-state index contributed by atoms with van der Waals surface area (Å²) in [6, 6.07) is -0.152. The predicted octanol–water partition coefficient (Wildman–Crippen LogP) is -0.00880. The third kappa shape index (κ3) is 1.53. The Kier molecular flexibility index (Phi) is 2.54. The van der Waals surface area contributed by atoms with Gasteiger partial charge in [-0.05, 0) is 11.8 Å². The van der Waals surface area contributed by atoms with Crippen molar-refractivity contribution in [3.63, 3.8) is 0 Å². The first-order valence-electron chi connectivity index (χ1n) is 6.63. The lowest BCUT2D eigenvalue weighted by atomic mass is 9.98. The van der Waals surface area contributed by atoms with E-state index < -0.39 is 0 Å². The van der Waals surface area contributed by atoms with Gasteiger partial charge in [-0.1, -0.05) is 13.8 Å². The van der Waals surface area contributed by atoms with Crippen LogP contribution < -0.4 is 5.73 Å². The van der Waals surface area contributed by atoms with Crippen molar-refractivity contribution in [1.82, 2.24) is 4.90 Å². The van der Waals surface area contributed by atoms with Crippen molar-refractivity contribution in [2.75, 3.05) is 19.8 Å². The molecule has 2 heterocycles. The molecule has 2 saturated heterocycles. The molecule has 2 N–H and O–H groups in total. The van der Waals surface area contributed by atoms with Gasteiger partial charge in [0.25, 0.3) is 0 Å². The number of hydrogen-bond donors (Lipinski definition) is 1. The fourth-order valence-electron chi connectivity index (χ4n) is 3.43. The fourth-order valence-corrected chi connectivity index (χ4v) is 3.43. The van der Waals surface area contributed by atoms with E-state index in [0.717, 1.165) is 13.0 Å². The van der Waals surface area contributed by atoms with E-state index in [2.05, 4.69) is 0 Å². The Labute approximate surface area is 107 Å². The van der Waals surface area contributed by atoms with E-state index in [9.17, 15) is 9.59 Å². The van der Waals surface area contributed by atoms with Gasteiger partial charge >= 0.3 is 0 Å². The van der Waals surface area contributed by atoms with Gasteiger partial charge in [-0.15, -0.1) is 0 Å². The highest BCUT2D eigenvalue weighted by Gasteiger charge is 2.72. The summed E-state index contributed by atoms with van der Waals surface area (Å²) in [5.41, 5.74) is 5.95. The van der Waals surface area contributed by atoms with Crippen LogP contribution in [0.3, 0.4) is 0 Å². The fraction of sp³-hybridized carbons (Fsp3) is 0.846. The predicted molar refractivity (Wildman–Crippen MR) is 64.4 cm³/mol. The van der Waals surface area contributed by atoms with E-state index in [-0.39, 0.29) is 41.0 Å². The van der Waals surface area contributed by atoms with Gasteiger partial charge in [-0.2, -0.15) is 0 Å². The number of carbonyl (C=O) groups excluding carboxylic acids is 2. The number of amides is 2. The van der Waals surface area contributed by atoms with Crippen LogP contribution in [0.4, 0.5) is 0 Å². The summed E-state index contributed by atoms with van der Waals surface area (Å²) in [4.78, 5) is 25.7. The molecule has 2 aliphatic heterocycles. The maximum atomic E-state index is 12.1. The number of fused-ring (bicyclic) bond motifs is 1. The molecular formula is C13H20N2O3. The quantitative estimate of drug-likeness (QED) is 0.717. The van der Waals surface area contributed by atoms with Crippen molar-refractivity contribution >= 4 is 11.8 Å². The Morgan fingerprint density at radius 1 is 1.39 bits per heavy atom. The first kappa shape index (κ1) is 12.1. The minimum Gasteiger partial charge on any atom is -0.381 e. The Balaban J connectivity index is 1.65. The SMILES string of the molecule is CC1(C)C2C(=O)N(CC(N)C3CCOC3)C(=O)C21. The summed E-state index contributed by atoms with van der Waals surface area (Å²) in [6.07, 6.45) is 0.926. The van der Waals surface area contributed by atoms with E-state index in [4.69, 9.17) is 10.5 Å². The molecule has 0 bridgehead atoms. The van der Waals surface area contributed by atoms with E-state index in [1.807, 2.05) is 13.8 Å². The monoisotopic (exact) mass is 252 g/mol. The highest BCUT2D eigenvalue weighted by molar-refractivity contribution is 6.10. The summed E-state index contributed by atoms with van der Waals surface area (Å²) in [5.74, 6) is 0.0262. The molecule has 5 heteroatoms. The third-order valence-corrected chi connectivity index (χ3v) is 4.86. The van der Waals surface area contributed by atoms with Gasteiger partial charge in [0.15, 0.2) is 0 Å². The second kappa shape index (κ2) is 3.78. The zero-order chi connectivity index (χ0) is 13.1. The van der Waals surface area contributed by atoms with Crippen molar-refractivity contribution in [2.45, 2.75) is 26.3 Å². The molecule has 0 aromatic heterocycles. The van der Waals surface area contributed by atoms with Crippen molar-refractivity contribution in [2.24, 2.45) is 28.9 Å². The molecule has 4 unspecified atom stereocenters. The number of likely N-dealkylation sites (tertiary alicyclic amines) is 1. The Morgan fingerprint density at radius 3 is 2.50 bits per heavy atom. The van der Waals surface area contributed by atoms with E-state index in [1.54, 1.807) is 0 Å². The molecule has 5 nitrogen and oxygen atoms in total. The summed E-state index contributed by atoms with van der Waals surface area (Å²) in [6.45, 7) is 5.71. The topological polar surface area (TPSA) is 72.6 Å². The highest BCUT2D eigenvalue weighted by Crippen LogP contribution is 2.63. The van der Waals surface area contributed by atoms with Crippen molar-refractivity contribution in [1.29, 1.82) is 0 Å². The number of carbonyl (C=O) groups is 2. The minimum absolute atomic E-state index is 0.0237. The number of nitrogens with two attached hydrogens (primary N) is 1. The molecule has 1 saturated carbocycles. The lowest BCUT2D eigenvalue weighted by Crippen LogP contribution is -2.47. The lowest BCUT2D eigenvalue weighted by molar-refractivity contribution is -0.143. The van der Waals surface area contributed by atoms with Crippen LogP contribution in [0.2, 0.25) is 0 Å². The second-order valence-corrected chi connectivity index (χ2v) is 6.35. The van der Waals surface area contributed by atoms with Crippen LogP contribution in [-0.4, -0.2) is 42.5 Å². The second-order valence-electron chi connectivity index (χ2n) is 6.35. The van der Waals surface area contributed by atoms with Gasteiger partial charge in [0.05, 0.1) is 18.4 Å². The molecule has 2 amide bonds. The summed E-state index contributed by atoms with van der Waals surface area (Å²) < 4.78 is 5.29. The molecule has 0 aromatic carbocycles. The first-order valence-corrected chi connectivity index (χ1v) is 6.63. The van der Waals surface area contributed by atoms with Crippen molar-refractivity contribution in [3.05, 3.63) is 0 Å². The number of piperidine rings is 1. The highest BCUT2D eigenvalue weighted by atomic mass is 16.5. The van der Waals surface area contributed by atoms with Crippen LogP contribution in [0.5, 0.6) is 0 Å². The van der Waals surface area contributed by atoms with Crippen molar-refractivity contribution in [3.8, 4) is 0 Å². The maximum absolute atomic E-state index is 12.1. The Hall–Kier alpha value is -0.940. The molecule has 4 atom stereocenters. The van der Waals surface area contributed by atoms with Crippen LogP contribution in [0.25, 0.3) is 0 Å². The number of nitrogens with zero attached hydrogens (tertiary/aromatic N) is 1. The van der Waals surface area contributed by atoms with Gasteiger partial charge in [0, 0.05) is 25.1 Å². The van der Waals surface area contributed by atoms with Gasteiger partial charge in [-0.3, -0.25) is 14.5 Å². The summed E-state index contributed by atoms with van der Waals surface area (Å²) >= 11 is 0. The zero-order valence-electron chi connectivity index (χ0n) is 10.9. The standard InChI is InChI=1S/C13H20N2O3/c1-13(2)9-10(13)12(17)15(11(9)16)5-8(14)7-3-4-18-6-7/h7-10H,3-6,14H2,1-2H3. The van der Waals surface area contributed by atoms with Gasteiger partial charge in [0.2, 0.25) is 11.8 Å². The average Bonchev–Trinajstić information content (AvgIpc) is 2.74. The van der Waals surface area contributed by atoms with Gasteiger partial charge in [0.1, 0.15) is 0 Å². The number of ether oxygens (including phenoxy) is 1. The molecular weight excluding hydrogens is 232 g/mol. The molecule has 0 radical (unpaired) electrons.